The van der Waals surface area contributed by atoms with Gasteiger partial charge in [-0.15, -0.1) is 0 Å². The van der Waals surface area contributed by atoms with Crippen LogP contribution in [0.25, 0.3) is 0 Å². The van der Waals surface area contributed by atoms with Crippen molar-refractivity contribution < 1.29 is 19.4 Å². The number of unbranched alkanes of at least 4 members (excludes halogenated alkanes) is 8. The van der Waals surface area contributed by atoms with Gasteiger partial charge in [0.2, 0.25) is 0 Å². The number of carboxylic acid groups (broad SMARTS) is 1. The van der Waals surface area contributed by atoms with Crippen LogP contribution in [0.15, 0.2) is 0 Å². The smallest absolute Gasteiger partial charge is 0.306 e. The van der Waals surface area contributed by atoms with Gasteiger partial charge in [0.25, 0.3) is 0 Å². The molecular formula is C15H27O4-. The first-order chi connectivity index (χ1) is 9.07. The van der Waals surface area contributed by atoms with Gasteiger partial charge in [0.15, 0.2) is 0 Å². The maximum atomic E-state index is 11.3. The summed E-state index contributed by atoms with van der Waals surface area (Å²) in [4.78, 5) is 21.6. The maximum Gasteiger partial charge on any atom is 0.306 e. The third-order valence-corrected chi connectivity index (χ3v) is 3.12. The van der Waals surface area contributed by atoms with E-state index in [1.165, 1.54) is 45.4 Å². The molecule has 0 amide bonds. The molecule has 0 radical (unpaired) electrons. The quantitative estimate of drug-likeness (QED) is 0.404. The summed E-state index contributed by atoms with van der Waals surface area (Å²) in [5.74, 6) is -1.79. The molecule has 0 saturated carbocycles. The van der Waals surface area contributed by atoms with Gasteiger partial charge >= 0.3 is 5.97 Å². The van der Waals surface area contributed by atoms with Crippen LogP contribution in [0.4, 0.5) is 0 Å². The molecule has 0 fully saturated rings. The van der Waals surface area contributed by atoms with E-state index in [-0.39, 0.29) is 0 Å². The Morgan fingerprint density at radius 1 is 0.947 bits per heavy atom. The molecule has 0 saturated heterocycles. The molecule has 0 aromatic rings. The summed E-state index contributed by atoms with van der Waals surface area (Å²) >= 11 is 0. The van der Waals surface area contributed by atoms with Crippen molar-refractivity contribution in [3.05, 3.63) is 0 Å². The molecule has 0 bridgehead atoms. The van der Waals surface area contributed by atoms with Crippen molar-refractivity contribution in [1.29, 1.82) is 0 Å². The van der Waals surface area contributed by atoms with E-state index in [1.807, 2.05) is 0 Å². The fourth-order valence-electron chi connectivity index (χ4n) is 1.88. The number of hydrogen-bond acceptors (Lipinski definition) is 4. The lowest BCUT2D eigenvalue weighted by molar-refractivity contribution is -0.314. The van der Waals surface area contributed by atoms with E-state index in [1.54, 1.807) is 0 Å². The summed E-state index contributed by atoms with van der Waals surface area (Å²) in [6.45, 7) is 3.52. The third-order valence-electron chi connectivity index (χ3n) is 3.12. The Hall–Kier alpha value is -1.06. The molecule has 0 aliphatic carbocycles. The Morgan fingerprint density at radius 2 is 1.42 bits per heavy atom. The number of carbonyl (C=O) groups excluding carboxylic acids is 2. The summed E-state index contributed by atoms with van der Waals surface area (Å²) < 4.78 is 4.68. The van der Waals surface area contributed by atoms with E-state index in [9.17, 15) is 14.7 Å². The van der Waals surface area contributed by atoms with Crippen molar-refractivity contribution in [3.63, 3.8) is 0 Å². The first kappa shape index (κ1) is 17.9. The van der Waals surface area contributed by atoms with Crippen LogP contribution in [-0.2, 0) is 14.3 Å². The molecule has 4 heteroatoms. The zero-order chi connectivity index (χ0) is 14.5. The number of aliphatic carboxylic acids is 1. The molecule has 4 nitrogen and oxygen atoms in total. The highest BCUT2D eigenvalue weighted by Gasteiger charge is 2.09. The fourth-order valence-corrected chi connectivity index (χ4v) is 1.88. The van der Waals surface area contributed by atoms with E-state index in [4.69, 9.17) is 0 Å². The van der Waals surface area contributed by atoms with Gasteiger partial charge in [-0.05, 0) is 13.3 Å². The van der Waals surface area contributed by atoms with Crippen LogP contribution < -0.4 is 5.11 Å². The van der Waals surface area contributed by atoms with Crippen molar-refractivity contribution in [1.82, 2.24) is 0 Å². The molecule has 0 N–H and O–H groups in total. The average Bonchev–Trinajstić information content (AvgIpc) is 2.36. The van der Waals surface area contributed by atoms with Crippen LogP contribution in [0.2, 0.25) is 0 Å². The zero-order valence-corrected chi connectivity index (χ0v) is 12.3. The number of carboxylic acids is 1. The summed E-state index contributed by atoms with van der Waals surface area (Å²) in [6.07, 6.45) is 9.77. The monoisotopic (exact) mass is 271 g/mol. The molecule has 0 rings (SSSR count). The molecule has 0 spiro atoms. The summed E-state index contributed by atoms with van der Waals surface area (Å²) in [5.41, 5.74) is 0. The number of rotatable bonds is 12. The number of carbonyl (C=O) groups is 2. The first-order valence-corrected chi connectivity index (χ1v) is 7.48. The van der Waals surface area contributed by atoms with Crippen molar-refractivity contribution in [2.24, 2.45) is 0 Å². The Labute approximate surface area is 116 Å². The molecule has 0 aromatic carbocycles. The molecule has 0 aromatic heterocycles. The van der Waals surface area contributed by atoms with E-state index < -0.39 is 18.0 Å². The highest BCUT2D eigenvalue weighted by atomic mass is 16.6. The zero-order valence-electron chi connectivity index (χ0n) is 12.3. The lowest BCUT2D eigenvalue weighted by Gasteiger charge is -2.13. The second-order valence-electron chi connectivity index (χ2n) is 5.03. The van der Waals surface area contributed by atoms with Gasteiger partial charge in [-0.25, -0.2) is 0 Å². The van der Waals surface area contributed by atoms with Crippen LogP contribution in [0.3, 0.4) is 0 Å². The number of hydrogen-bond donors (Lipinski definition) is 0. The molecular weight excluding hydrogens is 244 g/mol. The molecule has 0 heterocycles. The van der Waals surface area contributed by atoms with E-state index >= 15 is 0 Å². The fraction of sp³-hybridized carbons (Fsp3) is 0.867. The largest absolute Gasteiger partial charge is 0.546 e. The first-order valence-electron chi connectivity index (χ1n) is 7.48. The molecule has 19 heavy (non-hydrogen) atoms. The standard InChI is InChI=1S/C15H28O4/c1-3-4-5-6-7-8-9-10-11-12-14(16)19-13(2)15(17)18/h13H,3-12H2,1-2H3,(H,17,18)/p-1. The molecule has 1 atom stereocenters. The van der Waals surface area contributed by atoms with Crippen LogP contribution in [0.5, 0.6) is 0 Å². The third kappa shape index (κ3) is 11.7. The molecule has 0 aliphatic heterocycles. The Kier molecular flexibility index (Phi) is 11.3. The normalized spacial score (nSPS) is 12.1. The number of esters is 1. The van der Waals surface area contributed by atoms with Gasteiger partial charge in [-0.3, -0.25) is 4.79 Å². The van der Waals surface area contributed by atoms with Crippen molar-refractivity contribution in [3.8, 4) is 0 Å². The van der Waals surface area contributed by atoms with Crippen LogP contribution in [0.1, 0.15) is 78.1 Å². The van der Waals surface area contributed by atoms with Crippen molar-refractivity contribution in [2.45, 2.75) is 84.2 Å². The summed E-state index contributed by atoms with van der Waals surface area (Å²) in [5, 5.41) is 10.4. The predicted molar refractivity (Wildman–Crippen MR) is 72.4 cm³/mol. The van der Waals surface area contributed by atoms with Gasteiger partial charge in [0.1, 0.15) is 6.10 Å². The minimum Gasteiger partial charge on any atom is -0.546 e. The van der Waals surface area contributed by atoms with E-state index in [2.05, 4.69) is 11.7 Å². The second kappa shape index (κ2) is 12.0. The van der Waals surface area contributed by atoms with Crippen LogP contribution in [0, 0.1) is 0 Å². The Balaban J connectivity index is 3.30. The lowest BCUT2D eigenvalue weighted by Crippen LogP contribution is -2.36. The minimum absolute atomic E-state index is 0.299. The van der Waals surface area contributed by atoms with Crippen molar-refractivity contribution >= 4 is 11.9 Å². The Morgan fingerprint density at radius 3 is 1.89 bits per heavy atom. The lowest BCUT2D eigenvalue weighted by atomic mass is 10.1. The van der Waals surface area contributed by atoms with Gasteiger partial charge in [0.05, 0.1) is 5.97 Å². The van der Waals surface area contributed by atoms with Crippen LogP contribution >= 0.6 is 0 Å². The number of ether oxygens (including phenoxy) is 1. The minimum atomic E-state index is -1.35. The molecule has 1 unspecified atom stereocenters. The topological polar surface area (TPSA) is 66.4 Å². The predicted octanol–water partition coefficient (Wildman–Crippen LogP) is 2.59. The summed E-state index contributed by atoms with van der Waals surface area (Å²) in [6, 6.07) is 0. The molecule has 112 valence electrons. The van der Waals surface area contributed by atoms with Gasteiger partial charge in [-0.1, -0.05) is 58.3 Å². The van der Waals surface area contributed by atoms with Gasteiger partial charge < -0.3 is 14.6 Å². The SMILES string of the molecule is CCCCCCCCCCCC(=O)OC(C)C(=O)[O-]. The maximum absolute atomic E-state index is 11.3. The van der Waals surface area contributed by atoms with Crippen LogP contribution in [-0.4, -0.2) is 18.0 Å². The van der Waals surface area contributed by atoms with E-state index in [0.717, 1.165) is 19.3 Å². The van der Waals surface area contributed by atoms with Gasteiger partial charge in [-0.2, -0.15) is 0 Å². The second-order valence-corrected chi connectivity index (χ2v) is 5.03. The molecule has 0 aliphatic rings. The van der Waals surface area contributed by atoms with E-state index in [0.29, 0.717) is 6.42 Å². The van der Waals surface area contributed by atoms with Crippen molar-refractivity contribution in [2.75, 3.05) is 0 Å². The highest BCUT2D eigenvalue weighted by Crippen LogP contribution is 2.11. The summed E-state index contributed by atoms with van der Waals surface area (Å²) in [7, 11) is 0. The average molecular weight is 271 g/mol. The highest BCUT2D eigenvalue weighted by molar-refractivity contribution is 5.76. The van der Waals surface area contributed by atoms with Gasteiger partial charge in [0, 0.05) is 6.42 Å². The Bertz CT molecular complexity index is 251.